The van der Waals surface area contributed by atoms with E-state index in [-0.39, 0.29) is 31.3 Å². The number of aliphatic imine (C=N–C) groups is 1. The number of benzene rings is 1. The predicted octanol–water partition coefficient (Wildman–Crippen LogP) is 2.22. The van der Waals surface area contributed by atoms with Gasteiger partial charge in [-0.3, -0.25) is 9.59 Å². The minimum Gasteiger partial charge on any atom is -0.494 e. The highest BCUT2D eigenvalue weighted by Gasteiger charge is 2.50. The molecule has 0 bridgehead atoms. The van der Waals surface area contributed by atoms with E-state index in [0.717, 1.165) is 0 Å². The molecule has 0 fully saturated rings. The van der Waals surface area contributed by atoms with Gasteiger partial charge < -0.3 is 24.6 Å². The van der Waals surface area contributed by atoms with Crippen molar-refractivity contribution in [2.24, 2.45) is 4.99 Å². The van der Waals surface area contributed by atoms with E-state index in [1.807, 2.05) is 0 Å². The molecule has 0 saturated carbocycles. The molecular formula is C22H32N2O6. The molecule has 0 radical (unpaired) electrons. The number of esters is 1. The number of hydrogen-bond acceptors (Lipinski definition) is 7. The van der Waals surface area contributed by atoms with Gasteiger partial charge in [0, 0.05) is 32.1 Å². The molecule has 1 aliphatic rings. The van der Waals surface area contributed by atoms with Crippen LogP contribution in [0.15, 0.2) is 29.3 Å². The van der Waals surface area contributed by atoms with Crippen molar-refractivity contribution in [3.63, 3.8) is 0 Å². The summed E-state index contributed by atoms with van der Waals surface area (Å²) >= 11 is 0. The number of carbonyl (C=O) groups excluding carboxylic acids is 2. The highest BCUT2D eigenvalue weighted by atomic mass is 16.6. The number of likely N-dealkylation sites (N-methyl/N-ethyl adjacent to an activating group) is 1. The van der Waals surface area contributed by atoms with Crippen LogP contribution in [0.25, 0.3) is 0 Å². The molecule has 0 saturated heterocycles. The van der Waals surface area contributed by atoms with E-state index in [4.69, 9.17) is 19.3 Å². The first-order valence-electron chi connectivity index (χ1n) is 10.2. The van der Waals surface area contributed by atoms with Gasteiger partial charge in [0.05, 0.1) is 6.61 Å². The Labute approximate surface area is 177 Å². The summed E-state index contributed by atoms with van der Waals surface area (Å²) in [6.45, 7) is 7.67. The lowest BCUT2D eigenvalue weighted by Gasteiger charge is -2.27. The maximum Gasteiger partial charge on any atom is 0.306 e. The molecule has 1 amide bonds. The lowest BCUT2D eigenvalue weighted by Crippen LogP contribution is -2.50. The fourth-order valence-electron chi connectivity index (χ4n) is 3.15. The Morgan fingerprint density at radius 2 is 1.93 bits per heavy atom. The topological polar surface area (TPSA) is 106 Å². The number of amides is 1. The Balaban J connectivity index is 2.18. The van der Waals surface area contributed by atoms with E-state index in [9.17, 15) is 9.59 Å². The monoisotopic (exact) mass is 420 g/mol. The lowest BCUT2D eigenvalue weighted by molar-refractivity contribution is -0.155. The first-order chi connectivity index (χ1) is 14.1. The van der Waals surface area contributed by atoms with Crippen LogP contribution in [0.4, 0.5) is 0 Å². The zero-order valence-electron chi connectivity index (χ0n) is 18.4. The van der Waals surface area contributed by atoms with Gasteiger partial charge in [-0.2, -0.15) is 0 Å². The van der Waals surface area contributed by atoms with Crippen molar-refractivity contribution in [2.45, 2.75) is 64.2 Å². The first-order valence-corrected chi connectivity index (χ1v) is 10.2. The Kier molecular flexibility index (Phi) is 7.83. The average Bonchev–Trinajstić information content (AvgIpc) is 3.03. The summed E-state index contributed by atoms with van der Waals surface area (Å²) in [6, 6.07) is 7.16. The molecule has 30 heavy (non-hydrogen) atoms. The fourth-order valence-corrected chi connectivity index (χ4v) is 3.15. The van der Waals surface area contributed by atoms with Gasteiger partial charge in [0.15, 0.2) is 5.54 Å². The van der Waals surface area contributed by atoms with Crippen LogP contribution in [0.3, 0.4) is 0 Å². The van der Waals surface area contributed by atoms with E-state index in [1.165, 1.54) is 7.05 Å². The summed E-state index contributed by atoms with van der Waals surface area (Å²) in [5.74, 6) is 0.321. The van der Waals surface area contributed by atoms with Gasteiger partial charge in [0.2, 0.25) is 5.90 Å². The van der Waals surface area contributed by atoms with Gasteiger partial charge in [-0.05, 0) is 58.4 Å². The third kappa shape index (κ3) is 5.95. The molecule has 1 aliphatic heterocycles. The summed E-state index contributed by atoms with van der Waals surface area (Å²) in [5, 5.41) is 11.5. The molecule has 1 aromatic carbocycles. The van der Waals surface area contributed by atoms with Crippen LogP contribution >= 0.6 is 0 Å². The van der Waals surface area contributed by atoms with Gasteiger partial charge in [0.1, 0.15) is 17.5 Å². The molecule has 8 heteroatoms. The Morgan fingerprint density at radius 3 is 2.50 bits per heavy atom. The fraction of sp³-hybridized carbons (Fsp3) is 0.591. The summed E-state index contributed by atoms with van der Waals surface area (Å²) in [6.07, 6.45) is 0.235. The van der Waals surface area contributed by atoms with Crippen LogP contribution < -0.4 is 10.1 Å². The maximum atomic E-state index is 12.7. The minimum atomic E-state index is -1.21. The van der Waals surface area contributed by atoms with E-state index in [1.54, 1.807) is 52.0 Å². The average molecular weight is 421 g/mol. The van der Waals surface area contributed by atoms with E-state index in [0.29, 0.717) is 30.2 Å². The smallest absolute Gasteiger partial charge is 0.306 e. The number of nitrogens with one attached hydrogen (secondary N) is 1. The molecule has 1 aromatic rings. The second-order valence-corrected chi connectivity index (χ2v) is 8.22. The molecule has 2 rings (SSSR count). The summed E-state index contributed by atoms with van der Waals surface area (Å²) in [5.41, 5.74) is -1.10. The predicted molar refractivity (Wildman–Crippen MR) is 113 cm³/mol. The van der Waals surface area contributed by atoms with Crippen molar-refractivity contribution >= 4 is 17.8 Å². The van der Waals surface area contributed by atoms with Crippen LogP contribution in [0, 0.1) is 0 Å². The largest absolute Gasteiger partial charge is 0.494 e. The molecular weight excluding hydrogens is 388 g/mol. The summed E-state index contributed by atoms with van der Waals surface area (Å²) in [7, 11) is 1.54. The quantitative estimate of drug-likeness (QED) is 0.469. The van der Waals surface area contributed by atoms with Crippen molar-refractivity contribution in [3.05, 3.63) is 29.8 Å². The third-order valence-corrected chi connectivity index (χ3v) is 4.68. The standard InChI is InChI=1S/C22H32N2O6/c1-15-22(20(27)23-5,12-11-18(26)30-21(2,3)4)24-19(29-15)16-7-9-17(10-8-16)28-14-6-13-25/h7-10,15,25H,6,11-14H2,1-5H3,(H,23,27)/t15-,22-/m1/s1. The Bertz CT molecular complexity index is 769. The zero-order valence-corrected chi connectivity index (χ0v) is 18.4. The minimum absolute atomic E-state index is 0.0484. The van der Waals surface area contributed by atoms with Gasteiger partial charge in [-0.25, -0.2) is 4.99 Å². The number of aliphatic hydroxyl groups excluding tert-OH is 1. The second kappa shape index (κ2) is 9.93. The molecule has 0 aliphatic carbocycles. The van der Waals surface area contributed by atoms with Crippen molar-refractivity contribution in [3.8, 4) is 5.75 Å². The van der Waals surface area contributed by atoms with Crippen LogP contribution in [-0.4, -0.2) is 60.4 Å². The molecule has 1 heterocycles. The molecule has 2 atom stereocenters. The molecule has 8 nitrogen and oxygen atoms in total. The number of hydrogen-bond donors (Lipinski definition) is 2. The van der Waals surface area contributed by atoms with Gasteiger partial charge in [0.25, 0.3) is 5.91 Å². The normalized spacial score (nSPS) is 20.9. The number of ether oxygens (including phenoxy) is 3. The molecule has 0 aromatic heterocycles. The van der Waals surface area contributed by atoms with Gasteiger partial charge in [-0.15, -0.1) is 0 Å². The second-order valence-electron chi connectivity index (χ2n) is 8.22. The number of nitrogens with zero attached hydrogens (tertiary/aromatic N) is 1. The van der Waals surface area contributed by atoms with Crippen molar-refractivity contribution in [1.29, 1.82) is 0 Å². The van der Waals surface area contributed by atoms with Crippen LogP contribution in [-0.2, 0) is 19.1 Å². The van der Waals surface area contributed by atoms with Crippen LogP contribution in [0.1, 0.15) is 52.5 Å². The number of aliphatic hydroxyl groups is 1. The van der Waals surface area contributed by atoms with Crippen molar-refractivity contribution in [2.75, 3.05) is 20.3 Å². The highest BCUT2D eigenvalue weighted by Crippen LogP contribution is 2.33. The first kappa shape index (κ1) is 23.7. The Hall–Kier alpha value is -2.61. The van der Waals surface area contributed by atoms with Crippen molar-refractivity contribution in [1.82, 2.24) is 5.32 Å². The number of rotatable bonds is 9. The molecule has 0 spiro atoms. The highest BCUT2D eigenvalue weighted by molar-refractivity contribution is 6.00. The van der Waals surface area contributed by atoms with E-state index in [2.05, 4.69) is 10.3 Å². The number of carbonyl (C=O) groups is 2. The summed E-state index contributed by atoms with van der Waals surface area (Å²) in [4.78, 5) is 29.5. The molecule has 0 unspecified atom stereocenters. The van der Waals surface area contributed by atoms with E-state index >= 15 is 0 Å². The third-order valence-electron chi connectivity index (χ3n) is 4.68. The Morgan fingerprint density at radius 1 is 1.27 bits per heavy atom. The van der Waals surface area contributed by atoms with E-state index < -0.39 is 17.2 Å². The molecule has 2 N–H and O–H groups in total. The SMILES string of the molecule is CNC(=O)[C@]1(CCC(=O)OC(C)(C)C)N=C(c2ccc(OCCCO)cc2)O[C@@H]1C. The summed E-state index contributed by atoms with van der Waals surface area (Å²) < 4.78 is 16.8. The van der Waals surface area contributed by atoms with Crippen LogP contribution in [0.5, 0.6) is 5.75 Å². The lowest BCUT2D eigenvalue weighted by atomic mass is 9.88. The van der Waals surface area contributed by atoms with Crippen LogP contribution in [0.2, 0.25) is 0 Å². The maximum absolute atomic E-state index is 12.7. The van der Waals surface area contributed by atoms with Gasteiger partial charge in [-0.1, -0.05) is 0 Å². The zero-order chi connectivity index (χ0) is 22.4. The van der Waals surface area contributed by atoms with Crippen molar-refractivity contribution < 1.29 is 28.9 Å². The molecule has 166 valence electrons. The van der Waals surface area contributed by atoms with Gasteiger partial charge >= 0.3 is 5.97 Å².